The Labute approximate surface area is 161 Å². The largest absolute Gasteiger partial charge is 0.328 e. The van der Waals surface area contributed by atoms with E-state index in [1.807, 2.05) is 68.4 Å². The molecule has 0 spiro atoms. The SMILES string of the molecule is CC1=C(C(=O)Nc2ccccc2)[C@H](c2ccc(Cl)cc2)n2nc(C)nc2N1. The van der Waals surface area contributed by atoms with Gasteiger partial charge < -0.3 is 10.6 Å². The minimum absolute atomic E-state index is 0.190. The Morgan fingerprint density at radius 3 is 2.52 bits per heavy atom. The molecular weight excluding hydrogens is 362 g/mol. The van der Waals surface area contributed by atoms with Crippen LogP contribution < -0.4 is 10.6 Å². The van der Waals surface area contributed by atoms with Crippen LogP contribution in [0.2, 0.25) is 5.02 Å². The van der Waals surface area contributed by atoms with Crippen LogP contribution >= 0.6 is 11.6 Å². The lowest BCUT2D eigenvalue weighted by Gasteiger charge is -2.28. The second-order valence-corrected chi connectivity index (χ2v) is 6.80. The molecule has 3 aromatic rings. The molecule has 27 heavy (non-hydrogen) atoms. The summed E-state index contributed by atoms with van der Waals surface area (Å²) in [7, 11) is 0. The summed E-state index contributed by atoms with van der Waals surface area (Å²) >= 11 is 6.05. The molecule has 0 bridgehead atoms. The van der Waals surface area contributed by atoms with Crippen LogP contribution in [-0.4, -0.2) is 20.7 Å². The molecule has 7 heteroatoms. The van der Waals surface area contributed by atoms with E-state index in [-0.39, 0.29) is 5.91 Å². The summed E-state index contributed by atoms with van der Waals surface area (Å²) in [5.41, 5.74) is 2.96. The van der Waals surface area contributed by atoms with E-state index in [9.17, 15) is 4.79 Å². The topological polar surface area (TPSA) is 71.8 Å². The maximum atomic E-state index is 13.1. The molecule has 1 atom stereocenters. The molecule has 0 saturated heterocycles. The Balaban J connectivity index is 1.79. The molecule has 2 aromatic carbocycles. The highest BCUT2D eigenvalue weighted by atomic mass is 35.5. The van der Waals surface area contributed by atoms with E-state index in [0.29, 0.717) is 22.4 Å². The van der Waals surface area contributed by atoms with Crippen molar-refractivity contribution < 1.29 is 4.79 Å². The van der Waals surface area contributed by atoms with Gasteiger partial charge in [0.2, 0.25) is 5.95 Å². The smallest absolute Gasteiger partial charge is 0.255 e. The van der Waals surface area contributed by atoms with E-state index in [1.54, 1.807) is 4.68 Å². The van der Waals surface area contributed by atoms with Crippen molar-refractivity contribution in [3.63, 3.8) is 0 Å². The number of aryl methyl sites for hydroxylation is 1. The Kier molecular flexibility index (Phi) is 4.41. The molecular formula is C20H18ClN5O. The van der Waals surface area contributed by atoms with Gasteiger partial charge in [0.1, 0.15) is 11.9 Å². The fourth-order valence-corrected chi connectivity index (χ4v) is 3.35. The Morgan fingerprint density at radius 2 is 1.81 bits per heavy atom. The second kappa shape index (κ2) is 6.89. The monoisotopic (exact) mass is 379 g/mol. The van der Waals surface area contributed by atoms with Crippen LogP contribution in [0.25, 0.3) is 0 Å². The molecule has 2 N–H and O–H groups in total. The van der Waals surface area contributed by atoms with Crippen molar-refractivity contribution in [3.05, 3.63) is 82.3 Å². The lowest BCUT2D eigenvalue weighted by molar-refractivity contribution is -0.113. The van der Waals surface area contributed by atoms with Gasteiger partial charge in [-0.3, -0.25) is 4.79 Å². The number of allylic oxidation sites excluding steroid dienone is 1. The molecule has 1 aliphatic heterocycles. The molecule has 0 unspecified atom stereocenters. The van der Waals surface area contributed by atoms with Crippen molar-refractivity contribution >= 4 is 29.1 Å². The summed E-state index contributed by atoms with van der Waals surface area (Å²) in [4.78, 5) is 17.6. The fourth-order valence-electron chi connectivity index (χ4n) is 3.23. The van der Waals surface area contributed by atoms with Gasteiger partial charge >= 0.3 is 0 Å². The number of amides is 1. The van der Waals surface area contributed by atoms with E-state index >= 15 is 0 Å². The first kappa shape index (κ1) is 17.3. The number of fused-ring (bicyclic) bond motifs is 1. The van der Waals surface area contributed by atoms with Gasteiger partial charge in [0.05, 0.1) is 5.57 Å². The quantitative estimate of drug-likeness (QED) is 0.716. The van der Waals surface area contributed by atoms with Crippen molar-refractivity contribution in [2.75, 3.05) is 10.6 Å². The highest BCUT2D eigenvalue weighted by molar-refractivity contribution is 6.30. The van der Waals surface area contributed by atoms with Crippen molar-refractivity contribution in [3.8, 4) is 0 Å². The molecule has 1 amide bonds. The third-order valence-electron chi connectivity index (χ3n) is 4.42. The summed E-state index contributed by atoms with van der Waals surface area (Å²) in [6.45, 7) is 3.70. The van der Waals surface area contributed by atoms with Gasteiger partial charge in [0, 0.05) is 16.4 Å². The van der Waals surface area contributed by atoms with Crippen LogP contribution in [0, 0.1) is 6.92 Å². The van der Waals surface area contributed by atoms with E-state index in [4.69, 9.17) is 11.6 Å². The molecule has 1 aliphatic rings. The van der Waals surface area contributed by atoms with E-state index in [0.717, 1.165) is 16.9 Å². The highest BCUT2D eigenvalue weighted by Gasteiger charge is 2.33. The number of aromatic nitrogens is 3. The lowest BCUT2D eigenvalue weighted by atomic mass is 9.95. The van der Waals surface area contributed by atoms with Crippen molar-refractivity contribution in [1.82, 2.24) is 14.8 Å². The third-order valence-corrected chi connectivity index (χ3v) is 4.67. The highest BCUT2D eigenvalue weighted by Crippen LogP contribution is 2.35. The molecule has 0 radical (unpaired) electrons. The van der Waals surface area contributed by atoms with Gasteiger partial charge in [0.25, 0.3) is 5.91 Å². The first-order chi connectivity index (χ1) is 13.0. The molecule has 4 rings (SSSR count). The predicted molar refractivity (Wildman–Crippen MR) is 106 cm³/mol. The van der Waals surface area contributed by atoms with Gasteiger partial charge in [-0.05, 0) is 43.7 Å². The first-order valence-corrected chi connectivity index (χ1v) is 8.93. The number of rotatable bonds is 3. The fraction of sp³-hybridized carbons (Fsp3) is 0.150. The zero-order valence-electron chi connectivity index (χ0n) is 14.9. The summed E-state index contributed by atoms with van der Waals surface area (Å²) in [5.74, 6) is 1.06. The van der Waals surface area contributed by atoms with Gasteiger partial charge in [-0.25, -0.2) is 4.68 Å². The van der Waals surface area contributed by atoms with E-state index < -0.39 is 6.04 Å². The maximum Gasteiger partial charge on any atom is 0.255 e. The van der Waals surface area contributed by atoms with Crippen LogP contribution in [0.5, 0.6) is 0 Å². The number of nitrogens with zero attached hydrogens (tertiary/aromatic N) is 3. The number of halogens is 1. The minimum Gasteiger partial charge on any atom is -0.328 e. The van der Waals surface area contributed by atoms with Gasteiger partial charge in [0.15, 0.2) is 0 Å². The van der Waals surface area contributed by atoms with E-state index in [1.165, 1.54) is 0 Å². The number of para-hydroxylation sites is 1. The summed E-state index contributed by atoms with van der Waals surface area (Å²) in [6.07, 6.45) is 0. The average molecular weight is 380 g/mol. The molecule has 0 fully saturated rings. The molecule has 2 heterocycles. The number of hydrogen-bond donors (Lipinski definition) is 2. The number of carbonyl (C=O) groups excluding carboxylic acids is 1. The van der Waals surface area contributed by atoms with Gasteiger partial charge in [-0.15, -0.1) is 0 Å². The Hall–Kier alpha value is -3.12. The summed E-state index contributed by atoms with van der Waals surface area (Å²) in [5, 5.41) is 11.3. The number of benzene rings is 2. The number of carbonyl (C=O) groups is 1. The van der Waals surface area contributed by atoms with E-state index in [2.05, 4.69) is 20.7 Å². The van der Waals surface area contributed by atoms with Gasteiger partial charge in [-0.2, -0.15) is 10.1 Å². The normalized spacial score (nSPS) is 15.9. The molecule has 136 valence electrons. The average Bonchev–Trinajstić information content (AvgIpc) is 3.01. The predicted octanol–water partition coefficient (Wildman–Crippen LogP) is 4.17. The molecule has 0 saturated carbocycles. The summed E-state index contributed by atoms with van der Waals surface area (Å²) < 4.78 is 1.74. The molecule has 1 aromatic heterocycles. The van der Waals surface area contributed by atoms with Crippen LogP contribution in [0.1, 0.15) is 24.4 Å². The zero-order chi connectivity index (χ0) is 19.0. The van der Waals surface area contributed by atoms with Crippen molar-refractivity contribution in [2.45, 2.75) is 19.9 Å². The molecule has 6 nitrogen and oxygen atoms in total. The van der Waals surface area contributed by atoms with Gasteiger partial charge in [-0.1, -0.05) is 41.9 Å². The molecule has 0 aliphatic carbocycles. The summed E-state index contributed by atoms with van der Waals surface area (Å²) in [6, 6.07) is 16.4. The van der Waals surface area contributed by atoms with Crippen LogP contribution in [-0.2, 0) is 4.79 Å². The van der Waals surface area contributed by atoms with Crippen LogP contribution in [0.3, 0.4) is 0 Å². The van der Waals surface area contributed by atoms with Crippen LogP contribution in [0.4, 0.5) is 11.6 Å². The van der Waals surface area contributed by atoms with Crippen molar-refractivity contribution in [2.24, 2.45) is 0 Å². The third kappa shape index (κ3) is 3.31. The maximum absolute atomic E-state index is 13.1. The number of nitrogens with one attached hydrogen (secondary N) is 2. The first-order valence-electron chi connectivity index (χ1n) is 8.56. The van der Waals surface area contributed by atoms with Crippen molar-refractivity contribution in [1.29, 1.82) is 0 Å². The lowest BCUT2D eigenvalue weighted by Crippen LogP contribution is -2.31. The van der Waals surface area contributed by atoms with Crippen LogP contribution in [0.15, 0.2) is 65.9 Å². The Bertz CT molecular complexity index is 1020. The number of hydrogen-bond acceptors (Lipinski definition) is 4. The second-order valence-electron chi connectivity index (χ2n) is 6.37. The standard InChI is InChI=1S/C20H18ClN5O/c1-12-17(19(27)24-16-6-4-3-5-7-16)18(14-8-10-15(21)11-9-14)26-20(22-12)23-13(2)25-26/h3-11,18H,1-2H3,(H,24,27)(H,22,23,25)/t18-/m0/s1. The zero-order valence-corrected chi connectivity index (χ0v) is 15.7. The Morgan fingerprint density at radius 1 is 1.11 bits per heavy atom. The minimum atomic E-state index is -0.400. The number of anilines is 2.